The van der Waals surface area contributed by atoms with E-state index in [0.29, 0.717) is 39.3 Å². The third kappa shape index (κ3) is 3.80. The molecular weight excluding hydrogens is 413 g/mol. The minimum absolute atomic E-state index is 0.0548. The molecule has 1 N–H and O–H groups in total. The van der Waals surface area contributed by atoms with Crippen molar-refractivity contribution >= 4 is 28.3 Å². The van der Waals surface area contributed by atoms with E-state index in [1.807, 2.05) is 0 Å². The maximum Gasteiger partial charge on any atom is 0.258 e. The Morgan fingerprint density at radius 2 is 1.69 bits per heavy atom. The molecule has 1 heterocycles. The summed E-state index contributed by atoms with van der Waals surface area (Å²) in [6.07, 6.45) is 0. The Morgan fingerprint density at radius 3 is 2.41 bits per heavy atom. The Kier molecular flexibility index (Phi) is 5.64. The minimum atomic E-state index is -0.603. The largest absolute Gasteiger partial charge is 0.493 e. The van der Waals surface area contributed by atoms with Crippen molar-refractivity contribution in [1.82, 2.24) is 0 Å². The van der Waals surface area contributed by atoms with E-state index < -0.39 is 11.7 Å². The number of anilines is 1. The summed E-state index contributed by atoms with van der Waals surface area (Å²) in [5, 5.41) is 3.35. The fraction of sp³-hybridized carbons (Fsp3) is 0.120. The van der Waals surface area contributed by atoms with Gasteiger partial charge < -0.3 is 19.2 Å². The number of nitrogens with one attached hydrogen (secondary N) is 1. The summed E-state index contributed by atoms with van der Waals surface area (Å²) >= 11 is 0. The number of fused-ring (bicyclic) bond motifs is 1. The summed E-state index contributed by atoms with van der Waals surface area (Å²) in [5.74, 6) is -0.342. The number of rotatable bonds is 6. The van der Waals surface area contributed by atoms with Crippen molar-refractivity contribution in [2.75, 3.05) is 19.5 Å². The van der Waals surface area contributed by atoms with E-state index in [2.05, 4.69) is 5.32 Å². The molecular formula is C25H20FNO5. The van der Waals surface area contributed by atoms with Crippen LogP contribution in [0.1, 0.15) is 32.0 Å². The van der Waals surface area contributed by atoms with Gasteiger partial charge in [-0.25, -0.2) is 4.39 Å². The van der Waals surface area contributed by atoms with Crippen molar-refractivity contribution in [2.24, 2.45) is 0 Å². The minimum Gasteiger partial charge on any atom is -0.493 e. The van der Waals surface area contributed by atoms with Gasteiger partial charge in [0.2, 0.25) is 5.78 Å². The zero-order valence-corrected chi connectivity index (χ0v) is 17.7. The maximum absolute atomic E-state index is 13.9. The number of halogens is 1. The molecule has 0 radical (unpaired) electrons. The number of methoxy groups -OCH3 is 2. The molecule has 0 aliphatic rings. The Hall–Kier alpha value is -4.13. The number of aryl methyl sites for hydroxylation is 1. The molecule has 0 saturated carbocycles. The molecule has 162 valence electrons. The lowest BCUT2D eigenvalue weighted by Crippen LogP contribution is -2.13. The Balaban J connectivity index is 1.65. The van der Waals surface area contributed by atoms with Crippen molar-refractivity contribution < 1.29 is 27.9 Å². The average Bonchev–Trinajstić information content (AvgIpc) is 3.14. The van der Waals surface area contributed by atoms with Crippen LogP contribution in [-0.2, 0) is 0 Å². The number of carbonyl (C=O) groups excluding carboxylic acids is 2. The Bertz CT molecular complexity index is 1340. The van der Waals surface area contributed by atoms with Crippen LogP contribution in [0.2, 0.25) is 0 Å². The number of carbonyl (C=O) groups is 2. The molecule has 0 aliphatic heterocycles. The van der Waals surface area contributed by atoms with E-state index in [-0.39, 0.29) is 17.1 Å². The van der Waals surface area contributed by atoms with Crippen molar-refractivity contribution in [1.29, 1.82) is 0 Å². The first-order chi connectivity index (χ1) is 15.4. The van der Waals surface area contributed by atoms with Gasteiger partial charge in [-0.15, -0.1) is 0 Å². The second-order valence-corrected chi connectivity index (χ2v) is 7.10. The molecule has 0 spiro atoms. The summed E-state index contributed by atoms with van der Waals surface area (Å²) < 4.78 is 30.2. The number of ketones is 1. The molecule has 0 unspecified atom stereocenters. The lowest BCUT2D eigenvalue weighted by atomic mass is 10.0. The molecule has 3 aromatic carbocycles. The standard InChI is InChI=1S/C25H20FNO5/c1-14-18-13-16(27-25(29)17-6-4-5-7-19(17)26)9-11-20(18)32-24(14)23(28)15-8-10-21(30-2)22(12-15)31-3/h4-13H,1-3H3,(H,27,29). The predicted molar refractivity (Wildman–Crippen MR) is 118 cm³/mol. The topological polar surface area (TPSA) is 77.8 Å². The van der Waals surface area contributed by atoms with E-state index in [9.17, 15) is 14.0 Å². The highest BCUT2D eigenvalue weighted by atomic mass is 19.1. The van der Waals surface area contributed by atoms with Crippen molar-refractivity contribution in [2.45, 2.75) is 6.92 Å². The fourth-order valence-electron chi connectivity index (χ4n) is 3.47. The third-order valence-electron chi connectivity index (χ3n) is 5.16. The number of benzene rings is 3. The zero-order chi connectivity index (χ0) is 22.8. The second-order valence-electron chi connectivity index (χ2n) is 7.10. The average molecular weight is 433 g/mol. The van der Waals surface area contributed by atoms with E-state index >= 15 is 0 Å². The molecule has 0 atom stereocenters. The number of ether oxygens (including phenoxy) is 2. The van der Waals surface area contributed by atoms with Gasteiger partial charge in [0.1, 0.15) is 11.4 Å². The van der Waals surface area contributed by atoms with Crippen LogP contribution in [0, 0.1) is 12.7 Å². The Morgan fingerprint density at radius 1 is 0.938 bits per heavy atom. The Labute approximate surface area is 183 Å². The summed E-state index contributed by atoms with van der Waals surface area (Å²) in [6, 6.07) is 15.6. The lowest BCUT2D eigenvalue weighted by molar-refractivity contribution is 0.101. The highest BCUT2D eigenvalue weighted by molar-refractivity contribution is 6.11. The van der Waals surface area contributed by atoms with Crippen LogP contribution in [0.3, 0.4) is 0 Å². The first-order valence-electron chi connectivity index (χ1n) is 9.78. The number of hydrogen-bond donors (Lipinski definition) is 1. The molecule has 0 bridgehead atoms. The van der Waals surface area contributed by atoms with Crippen molar-refractivity contribution in [3.63, 3.8) is 0 Å². The first-order valence-corrected chi connectivity index (χ1v) is 9.78. The van der Waals surface area contributed by atoms with E-state index in [1.165, 1.54) is 32.4 Å². The number of amides is 1. The smallest absolute Gasteiger partial charge is 0.258 e. The van der Waals surface area contributed by atoms with Gasteiger partial charge in [0.25, 0.3) is 5.91 Å². The SMILES string of the molecule is COc1ccc(C(=O)c2oc3ccc(NC(=O)c4ccccc4F)cc3c2C)cc1OC. The molecule has 1 amide bonds. The van der Waals surface area contributed by atoms with Gasteiger partial charge in [-0.3, -0.25) is 9.59 Å². The summed E-state index contributed by atoms with van der Waals surface area (Å²) in [6.45, 7) is 1.77. The molecule has 0 saturated heterocycles. The van der Waals surface area contributed by atoms with E-state index in [4.69, 9.17) is 13.9 Å². The lowest BCUT2D eigenvalue weighted by Gasteiger charge is -2.08. The van der Waals surface area contributed by atoms with Gasteiger partial charge in [0, 0.05) is 22.2 Å². The van der Waals surface area contributed by atoms with E-state index in [1.54, 1.807) is 49.4 Å². The second kappa shape index (κ2) is 8.55. The van der Waals surface area contributed by atoms with Gasteiger partial charge in [-0.2, -0.15) is 0 Å². The molecule has 6 nitrogen and oxygen atoms in total. The van der Waals surface area contributed by atoms with Crippen LogP contribution in [0.4, 0.5) is 10.1 Å². The van der Waals surface area contributed by atoms with Crippen molar-refractivity contribution in [3.05, 3.63) is 88.9 Å². The van der Waals surface area contributed by atoms with Crippen LogP contribution >= 0.6 is 0 Å². The molecule has 4 aromatic rings. The van der Waals surface area contributed by atoms with Gasteiger partial charge in [-0.05, 0) is 55.5 Å². The van der Waals surface area contributed by atoms with Crippen LogP contribution in [0.25, 0.3) is 11.0 Å². The summed E-state index contributed by atoms with van der Waals surface area (Å²) in [4.78, 5) is 25.5. The van der Waals surface area contributed by atoms with Gasteiger partial charge in [-0.1, -0.05) is 12.1 Å². The maximum atomic E-state index is 13.9. The molecule has 1 aromatic heterocycles. The normalized spacial score (nSPS) is 10.8. The zero-order valence-electron chi connectivity index (χ0n) is 17.7. The van der Waals surface area contributed by atoms with Gasteiger partial charge >= 0.3 is 0 Å². The van der Waals surface area contributed by atoms with E-state index in [0.717, 1.165) is 0 Å². The number of furan rings is 1. The fourth-order valence-corrected chi connectivity index (χ4v) is 3.47. The molecule has 7 heteroatoms. The monoisotopic (exact) mass is 433 g/mol. The third-order valence-corrected chi connectivity index (χ3v) is 5.16. The highest BCUT2D eigenvalue weighted by Gasteiger charge is 2.21. The predicted octanol–water partition coefficient (Wildman–Crippen LogP) is 5.38. The quantitative estimate of drug-likeness (QED) is 0.413. The highest BCUT2D eigenvalue weighted by Crippen LogP contribution is 2.32. The molecule has 4 rings (SSSR count). The summed E-state index contributed by atoms with van der Waals surface area (Å²) in [7, 11) is 3.01. The first kappa shape index (κ1) is 21.1. The van der Waals surface area contributed by atoms with Crippen LogP contribution < -0.4 is 14.8 Å². The number of hydrogen-bond acceptors (Lipinski definition) is 5. The molecule has 0 aliphatic carbocycles. The van der Waals surface area contributed by atoms with Crippen molar-refractivity contribution in [3.8, 4) is 11.5 Å². The van der Waals surface area contributed by atoms with Gasteiger partial charge in [0.15, 0.2) is 17.3 Å². The molecule has 0 fully saturated rings. The van der Waals surface area contributed by atoms with Crippen LogP contribution in [-0.4, -0.2) is 25.9 Å². The van der Waals surface area contributed by atoms with Crippen LogP contribution in [0.15, 0.2) is 65.1 Å². The summed E-state index contributed by atoms with van der Waals surface area (Å²) in [5.41, 5.74) is 1.91. The molecule has 32 heavy (non-hydrogen) atoms. The van der Waals surface area contributed by atoms with Gasteiger partial charge in [0.05, 0.1) is 19.8 Å². The van der Waals surface area contributed by atoms with Crippen LogP contribution in [0.5, 0.6) is 11.5 Å².